The van der Waals surface area contributed by atoms with Gasteiger partial charge < -0.3 is 10.2 Å². The van der Waals surface area contributed by atoms with Crippen molar-refractivity contribution >= 4 is 0 Å². The first-order valence-corrected chi connectivity index (χ1v) is 6.78. The lowest BCUT2D eigenvalue weighted by molar-refractivity contribution is 0.244. The molecular weight excluding hydrogens is 184 g/mol. The maximum Gasteiger partial charge on any atom is 0.0107 e. The first kappa shape index (κ1) is 13.0. The summed E-state index contributed by atoms with van der Waals surface area (Å²) in [5.74, 6) is 0. The van der Waals surface area contributed by atoms with Gasteiger partial charge in [0.05, 0.1) is 0 Å². The number of rotatable bonds is 5. The fourth-order valence-electron chi connectivity index (χ4n) is 2.15. The van der Waals surface area contributed by atoms with E-state index in [-0.39, 0.29) is 0 Å². The second-order valence-electron chi connectivity index (χ2n) is 4.87. The minimum Gasteiger partial charge on any atom is -0.313 e. The molecule has 2 heteroatoms. The Morgan fingerprint density at radius 1 is 1.07 bits per heavy atom. The second kappa shape index (κ2) is 8.12. The van der Waals surface area contributed by atoms with Gasteiger partial charge in [-0.3, -0.25) is 0 Å². The maximum absolute atomic E-state index is 3.57. The lowest BCUT2D eigenvalue weighted by Gasteiger charge is -2.25. The topological polar surface area (TPSA) is 15.3 Å². The summed E-state index contributed by atoms with van der Waals surface area (Å²) in [4.78, 5) is 2.63. The maximum atomic E-state index is 3.57. The Kier molecular flexibility index (Phi) is 7.03. The molecule has 0 radical (unpaired) electrons. The zero-order valence-corrected chi connectivity index (χ0v) is 10.6. The average molecular weight is 212 g/mol. The minimum absolute atomic E-state index is 0.680. The van der Waals surface area contributed by atoms with Crippen molar-refractivity contribution in [2.24, 2.45) is 0 Å². The summed E-state index contributed by atoms with van der Waals surface area (Å²) < 4.78 is 0. The lowest BCUT2D eigenvalue weighted by Crippen LogP contribution is -2.37. The predicted molar refractivity (Wildman–Crippen MR) is 67.3 cm³/mol. The van der Waals surface area contributed by atoms with Crippen LogP contribution in [0.4, 0.5) is 0 Å². The highest BCUT2D eigenvalue weighted by atomic mass is 15.1. The first-order chi connectivity index (χ1) is 7.33. The van der Waals surface area contributed by atoms with Gasteiger partial charge in [0.1, 0.15) is 0 Å². The van der Waals surface area contributed by atoms with Crippen LogP contribution in [0.25, 0.3) is 0 Å². The Morgan fingerprint density at radius 2 is 1.67 bits per heavy atom. The molecule has 1 aliphatic heterocycles. The standard InChI is InChI=1S/C13H28N2/c1-3-13(2)14-9-12-15-10-7-5-4-6-8-11-15/h13-14H,3-12H2,1-2H3. The van der Waals surface area contributed by atoms with Gasteiger partial charge in [-0.25, -0.2) is 0 Å². The SMILES string of the molecule is CCC(C)NCCN1CCCCCCC1. The van der Waals surface area contributed by atoms with Gasteiger partial charge in [0, 0.05) is 19.1 Å². The molecule has 0 saturated carbocycles. The van der Waals surface area contributed by atoms with Gasteiger partial charge in [0.15, 0.2) is 0 Å². The molecule has 1 unspecified atom stereocenters. The van der Waals surface area contributed by atoms with E-state index in [0.717, 1.165) is 6.54 Å². The van der Waals surface area contributed by atoms with Crippen molar-refractivity contribution in [2.75, 3.05) is 26.2 Å². The van der Waals surface area contributed by atoms with Crippen molar-refractivity contribution in [3.63, 3.8) is 0 Å². The number of nitrogens with zero attached hydrogens (tertiary/aromatic N) is 1. The van der Waals surface area contributed by atoms with Crippen LogP contribution >= 0.6 is 0 Å². The Labute approximate surface area is 95.4 Å². The number of hydrogen-bond donors (Lipinski definition) is 1. The fraction of sp³-hybridized carbons (Fsp3) is 1.00. The molecule has 1 saturated heterocycles. The van der Waals surface area contributed by atoms with Crippen molar-refractivity contribution in [3.05, 3.63) is 0 Å². The average Bonchev–Trinajstić information content (AvgIpc) is 2.20. The molecule has 0 spiro atoms. The summed E-state index contributed by atoms with van der Waals surface area (Å²) in [6.45, 7) is 9.56. The summed E-state index contributed by atoms with van der Waals surface area (Å²) in [7, 11) is 0. The van der Waals surface area contributed by atoms with Crippen molar-refractivity contribution in [1.29, 1.82) is 0 Å². The molecule has 0 amide bonds. The van der Waals surface area contributed by atoms with E-state index in [9.17, 15) is 0 Å². The molecule has 0 aromatic carbocycles. The van der Waals surface area contributed by atoms with E-state index in [1.165, 1.54) is 58.2 Å². The molecule has 0 aliphatic carbocycles. The van der Waals surface area contributed by atoms with E-state index < -0.39 is 0 Å². The van der Waals surface area contributed by atoms with Gasteiger partial charge in [-0.15, -0.1) is 0 Å². The molecule has 1 aliphatic rings. The van der Waals surface area contributed by atoms with Crippen LogP contribution in [-0.4, -0.2) is 37.1 Å². The van der Waals surface area contributed by atoms with Crippen LogP contribution in [-0.2, 0) is 0 Å². The molecule has 0 aromatic heterocycles. The third-order valence-corrected chi connectivity index (χ3v) is 3.48. The van der Waals surface area contributed by atoms with Crippen LogP contribution in [0.1, 0.15) is 52.4 Å². The summed E-state index contributed by atoms with van der Waals surface area (Å²) in [6, 6.07) is 0.680. The Balaban J connectivity index is 2.07. The molecule has 0 bridgehead atoms. The predicted octanol–water partition coefficient (Wildman–Crippen LogP) is 2.64. The Bertz CT molecular complexity index is 139. The van der Waals surface area contributed by atoms with Crippen molar-refractivity contribution in [2.45, 2.75) is 58.4 Å². The van der Waals surface area contributed by atoms with Gasteiger partial charge in [0.2, 0.25) is 0 Å². The zero-order valence-electron chi connectivity index (χ0n) is 10.6. The van der Waals surface area contributed by atoms with Crippen molar-refractivity contribution in [1.82, 2.24) is 10.2 Å². The Morgan fingerprint density at radius 3 is 2.27 bits per heavy atom. The minimum atomic E-state index is 0.680. The van der Waals surface area contributed by atoms with E-state index in [1.54, 1.807) is 0 Å². The smallest absolute Gasteiger partial charge is 0.0107 e. The van der Waals surface area contributed by atoms with Crippen LogP contribution in [0.3, 0.4) is 0 Å². The summed E-state index contributed by atoms with van der Waals surface area (Å²) in [5.41, 5.74) is 0. The van der Waals surface area contributed by atoms with Crippen LogP contribution in [0.2, 0.25) is 0 Å². The van der Waals surface area contributed by atoms with E-state index in [1.807, 2.05) is 0 Å². The van der Waals surface area contributed by atoms with Crippen molar-refractivity contribution < 1.29 is 0 Å². The molecule has 0 aromatic rings. The molecule has 1 rings (SSSR count). The van der Waals surface area contributed by atoms with Gasteiger partial charge in [-0.1, -0.05) is 26.2 Å². The Hall–Kier alpha value is -0.0800. The zero-order chi connectivity index (χ0) is 10.9. The largest absolute Gasteiger partial charge is 0.313 e. The van der Waals surface area contributed by atoms with E-state index in [0.29, 0.717) is 6.04 Å². The molecule has 15 heavy (non-hydrogen) atoms. The summed E-state index contributed by atoms with van der Waals surface area (Å²) >= 11 is 0. The first-order valence-electron chi connectivity index (χ1n) is 6.78. The third kappa shape index (κ3) is 6.16. The fourth-order valence-corrected chi connectivity index (χ4v) is 2.15. The van der Waals surface area contributed by atoms with Gasteiger partial charge in [0.25, 0.3) is 0 Å². The third-order valence-electron chi connectivity index (χ3n) is 3.48. The van der Waals surface area contributed by atoms with E-state index >= 15 is 0 Å². The van der Waals surface area contributed by atoms with Gasteiger partial charge in [-0.2, -0.15) is 0 Å². The summed E-state index contributed by atoms with van der Waals surface area (Å²) in [5, 5.41) is 3.57. The second-order valence-corrected chi connectivity index (χ2v) is 4.87. The van der Waals surface area contributed by atoms with Crippen LogP contribution in [0.5, 0.6) is 0 Å². The van der Waals surface area contributed by atoms with Gasteiger partial charge >= 0.3 is 0 Å². The molecule has 1 fully saturated rings. The van der Waals surface area contributed by atoms with E-state index in [2.05, 4.69) is 24.1 Å². The highest BCUT2D eigenvalue weighted by Crippen LogP contribution is 2.09. The molecule has 90 valence electrons. The van der Waals surface area contributed by atoms with Crippen molar-refractivity contribution in [3.8, 4) is 0 Å². The molecular formula is C13H28N2. The molecule has 1 atom stereocenters. The highest BCUT2D eigenvalue weighted by molar-refractivity contribution is 4.65. The van der Waals surface area contributed by atoms with Crippen LogP contribution in [0, 0.1) is 0 Å². The number of hydrogen-bond acceptors (Lipinski definition) is 2. The normalized spacial score (nSPS) is 22.0. The molecule has 2 nitrogen and oxygen atoms in total. The number of likely N-dealkylation sites (tertiary alicyclic amines) is 1. The summed E-state index contributed by atoms with van der Waals surface area (Å²) in [6.07, 6.45) is 8.39. The van der Waals surface area contributed by atoms with Gasteiger partial charge in [-0.05, 0) is 39.3 Å². The van der Waals surface area contributed by atoms with Crippen LogP contribution < -0.4 is 5.32 Å². The highest BCUT2D eigenvalue weighted by Gasteiger charge is 2.07. The monoisotopic (exact) mass is 212 g/mol. The molecule has 1 N–H and O–H groups in total. The van der Waals surface area contributed by atoms with E-state index in [4.69, 9.17) is 0 Å². The number of nitrogens with one attached hydrogen (secondary N) is 1. The lowest BCUT2D eigenvalue weighted by atomic mass is 10.1. The quantitative estimate of drug-likeness (QED) is 0.753. The van der Waals surface area contributed by atoms with Crippen LogP contribution in [0.15, 0.2) is 0 Å². The molecule has 1 heterocycles.